The molecule has 3 aromatic rings. The molecule has 3 amide bonds. The highest BCUT2D eigenvalue weighted by atomic mass is 32.1. The number of likely N-dealkylation sites (N-methyl/N-ethyl adjacent to an activating group) is 1. The lowest BCUT2D eigenvalue weighted by Gasteiger charge is -2.26. The van der Waals surface area contributed by atoms with Crippen LogP contribution < -0.4 is 25.0 Å². The van der Waals surface area contributed by atoms with Gasteiger partial charge in [0.1, 0.15) is 17.2 Å². The van der Waals surface area contributed by atoms with Gasteiger partial charge in [0, 0.05) is 29.7 Å². The van der Waals surface area contributed by atoms with Crippen molar-refractivity contribution in [3.05, 3.63) is 59.1 Å². The molecule has 0 unspecified atom stereocenters. The molecule has 1 aliphatic rings. The first kappa shape index (κ1) is 20.4. The lowest BCUT2D eigenvalue weighted by atomic mass is 10.2. The number of hydrogen-bond acceptors (Lipinski definition) is 7. The average Bonchev–Trinajstić information content (AvgIpc) is 3.25. The molecule has 158 valence electrons. The third-order valence-corrected chi connectivity index (χ3v) is 5.37. The molecule has 1 aromatic heterocycles. The number of methoxy groups -OCH3 is 1. The Balaban J connectivity index is 1.41. The first-order chi connectivity index (χ1) is 14.9. The van der Waals surface area contributed by atoms with Gasteiger partial charge >= 0.3 is 0 Å². The van der Waals surface area contributed by atoms with Gasteiger partial charge in [-0.25, -0.2) is 4.98 Å². The maximum atomic E-state index is 12.5. The summed E-state index contributed by atoms with van der Waals surface area (Å²) in [5.41, 5.74) is 1.75. The predicted molar refractivity (Wildman–Crippen MR) is 116 cm³/mol. The zero-order valence-corrected chi connectivity index (χ0v) is 17.5. The molecule has 4 rings (SSSR count). The van der Waals surface area contributed by atoms with Crippen molar-refractivity contribution in [2.45, 2.75) is 0 Å². The molecule has 9 nitrogen and oxygen atoms in total. The van der Waals surface area contributed by atoms with E-state index in [9.17, 15) is 14.4 Å². The molecule has 0 saturated heterocycles. The van der Waals surface area contributed by atoms with Crippen molar-refractivity contribution in [1.82, 2.24) is 4.98 Å². The summed E-state index contributed by atoms with van der Waals surface area (Å²) in [5, 5.41) is 7.28. The van der Waals surface area contributed by atoms with Crippen LogP contribution in [0.2, 0.25) is 0 Å². The monoisotopic (exact) mass is 438 g/mol. The maximum absolute atomic E-state index is 12.5. The molecule has 2 aromatic carbocycles. The van der Waals surface area contributed by atoms with Crippen molar-refractivity contribution >= 4 is 45.6 Å². The van der Waals surface area contributed by atoms with Crippen LogP contribution in [0.4, 0.5) is 16.5 Å². The number of aromatic nitrogens is 1. The number of amides is 3. The topological polar surface area (TPSA) is 110 Å². The number of nitrogens with one attached hydrogen (secondary N) is 2. The van der Waals surface area contributed by atoms with E-state index in [1.165, 1.54) is 4.90 Å². The highest BCUT2D eigenvalue weighted by molar-refractivity contribution is 7.14. The number of hydrogen-bond donors (Lipinski definition) is 2. The molecule has 0 aliphatic carbocycles. The SMILES string of the molecule is COc1ccc(C(=O)Nc2nc(C(=O)Nc3ccc4c(c3)OCC(=O)N4C)cs2)cc1. The first-order valence-electron chi connectivity index (χ1n) is 9.20. The van der Waals surface area contributed by atoms with Crippen LogP contribution in [0.25, 0.3) is 0 Å². The fraction of sp³-hybridized carbons (Fsp3) is 0.143. The normalized spacial score (nSPS) is 12.6. The van der Waals surface area contributed by atoms with Crippen molar-refractivity contribution in [2.75, 3.05) is 36.3 Å². The van der Waals surface area contributed by atoms with E-state index in [-0.39, 0.29) is 24.1 Å². The van der Waals surface area contributed by atoms with Gasteiger partial charge in [0.2, 0.25) is 0 Å². The molecule has 0 spiro atoms. The van der Waals surface area contributed by atoms with Crippen molar-refractivity contribution in [1.29, 1.82) is 0 Å². The highest BCUT2D eigenvalue weighted by Gasteiger charge is 2.23. The van der Waals surface area contributed by atoms with Gasteiger partial charge in [-0.15, -0.1) is 11.3 Å². The Morgan fingerprint density at radius 3 is 2.65 bits per heavy atom. The number of anilines is 3. The summed E-state index contributed by atoms with van der Waals surface area (Å²) in [6.45, 7) is -0.0513. The molecule has 0 radical (unpaired) electrons. The van der Waals surface area contributed by atoms with Crippen LogP contribution in [0.1, 0.15) is 20.8 Å². The summed E-state index contributed by atoms with van der Waals surface area (Å²) in [5.74, 6) is 0.244. The van der Waals surface area contributed by atoms with E-state index in [0.29, 0.717) is 33.6 Å². The summed E-state index contributed by atoms with van der Waals surface area (Å²) >= 11 is 1.15. The molecule has 10 heteroatoms. The van der Waals surface area contributed by atoms with E-state index in [0.717, 1.165) is 11.3 Å². The van der Waals surface area contributed by atoms with E-state index in [2.05, 4.69) is 15.6 Å². The summed E-state index contributed by atoms with van der Waals surface area (Å²) in [6, 6.07) is 11.7. The minimum atomic E-state index is -0.429. The number of ether oxygens (including phenoxy) is 2. The van der Waals surface area contributed by atoms with Crippen LogP contribution in [-0.4, -0.2) is 43.5 Å². The van der Waals surface area contributed by atoms with E-state index < -0.39 is 5.91 Å². The summed E-state index contributed by atoms with van der Waals surface area (Å²) in [4.78, 5) is 42.3. The Bertz CT molecular complexity index is 1160. The van der Waals surface area contributed by atoms with E-state index in [1.54, 1.807) is 62.0 Å². The van der Waals surface area contributed by atoms with Gasteiger partial charge < -0.3 is 19.7 Å². The zero-order chi connectivity index (χ0) is 22.0. The molecule has 0 bridgehead atoms. The van der Waals surface area contributed by atoms with E-state index in [4.69, 9.17) is 9.47 Å². The van der Waals surface area contributed by atoms with Crippen LogP contribution in [-0.2, 0) is 4.79 Å². The highest BCUT2D eigenvalue weighted by Crippen LogP contribution is 2.33. The summed E-state index contributed by atoms with van der Waals surface area (Å²) < 4.78 is 10.5. The van der Waals surface area contributed by atoms with Gasteiger partial charge in [0.05, 0.1) is 12.8 Å². The third-order valence-electron chi connectivity index (χ3n) is 4.61. The molecule has 1 aliphatic heterocycles. The Morgan fingerprint density at radius 1 is 1.13 bits per heavy atom. The van der Waals surface area contributed by atoms with Gasteiger partial charge in [-0.1, -0.05) is 0 Å². The molecule has 0 saturated carbocycles. The number of carbonyl (C=O) groups is 3. The van der Waals surface area contributed by atoms with Crippen LogP contribution in [0.3, 0.4) is 0 Å². The Morgan fingerprint density at radius 2 is 1.90 bits per heavy atom. The molecule has 2 N–H and O–H groups in total. The smallest absolute Gasteiger partial charge is 0.275 e. The summed E-state index contributed by atoms with van der Waals surface area (Å²) in [6.07, 6.45) is 0. The number of benzene rings is 2. The van der Waals surface area contributed by atoms with Crippen molar-refractivity contribution in [3.8, 4) is 11.5 Å². The molecular formula is C21H18N4O5S. The van der Waals surface area contributed by atoms with Crippen LogP contribution >= 0.6 is 11.3 Å². The standard InChI is InChI=1S/C21H18N4O5S/c1-25-16-8-5-13(9-17(16)30-10-18(25)26)22-20(28)15-11-31-21(23-15)24-19(27)12-3-6-14(29-2)7-4-12/h3-9,11H,10H2,1-2H3,(H,22,28)(H,23,24,27). The number of fused-ring (bicyclic) bond motifs is 1. The average molecular weight is 438 g/mol. The fourth-order valence-electron chi connectivity index (χ4n) is 2.90. The fourth-order valence-corrected chi connectivity index (χ4v) is 3.58. The van der Waals surface area contributed by atoms with Crippen LogP contribution in [0.5, 0.6) is 11.5 Å². The largest absolute Gasteiger partial charge is 0.497 e. The maximum Gasteiger partial charge on any atom is 0.275 e. The number of thiazole rings is 1. The van der Waals surface area contributed by atoms with Gasteiger partial charge in [-0.2, -0.15) is 0 Å². The lowest BCUT2D eigenvalue weighted by molar-refractivity contribution is -0.120. The second-order valence-electron chi connectivity index (χ2n) is 6.60. The Labute approximate surface area is 181 Å². The lowest BCUT2D eigenvalue weighted by Crippen LogP contribution is -2.35. The van der Waals surface area contributed by atoms with E-state index in [1.807, 2.05) is 0 Å². The predicted octanol–water partition coefficient (Wildman–Crippen LogP) is 3.01. The minimum absolute atomic E-state index is 0.0513. The molecular weight excluding hydrogens is 420 g/mol. The number of rotatable bonds is 5. The Hall–Kier alpha value is -3.92. The van der Waals surface area contributed by atoms with Crippen LogP contribution in [0, 0.1) is 0 Å². The van der Waals surface area contributed by atoms with Gasteiger partial charge in [0.25, 0.3) is 17.7 Å². The van der Waals surface area contributed by atoms with Gasteiger partial charge in [0.15, 0.2) is 11.7 Å². The van der Waals surface area contributed by atoms with Gasteiger partial charge in [-0.3, -0.25) is 19.7 Å². The van der Waals surface area contributed by atoms with Gasteiger partial charge in [-0.05, 0) is 36.4 Å². The zero-order valence-electron chi connectivity index (χ0n) is 16.7. The molecule has 0 fully saturated rings. The number of carbonyl (C=O) groups excluding carboxylic acids is 3. The van der Waals surface area contributed by atoms with E-state index >= 15 is 0 Å². The summed E-state index contributed by atoms with van der Waals surface area (Å²) in [7, 11) is 3.22. The molecule has 2 heterocycles. The van der Waals surface area contributed by atoms with Crippen molar-refractivity contribution in [2.24, 2.45) is 0 Å². The molecule has 0 atom stereocenters. The Kier molecular flexibility index (Phi) is 5.54. The second-order valence-corrected chi connectivity index (χ2v) is 7.46. The number of nitrogens with zero attached hydrogens (tertiary/aromatic N) is 2. The molecule has 31 heavy (non-hydrogen) atoms. The van der Waals surface area contributed by atoms with Crippen LogP contribution in [0.15, 0.2) is 47.8 Å². The quantitative estimate of drug-likeness (QED) is 0.634. The minimum Gasteiger partial charge on any atom is -0.497 e. The second kappa shape index (κ2) is 8.44. The van der Waals surface area contributed by atoms with Crippen molar-refractivity contribution < 1.29 is 23.9 Å². The first-order valence-corrected chi connectivity index (χ1v) is 10.1. The van der Waals surface area contributed by atoms with Crippen molar-refractivity contribution in [3.63, 3.8) is 0 Å². The third kappa shape index (κ3) is 4.33.